The number of rotatable bonds is 2. The molecule has 0 aromatic heterocycles. The second-order valence-corrected chi connectivity index (χ2v) is 4.08. The van der Waals surface area contributed by atoms with Crippen molar-refractivity contribution in [2.75, 3.05) is 6.61 Å². The largest absolute Gasteiger partial charge is 0.385 e. The lowest BCUT2D eigenvalue weighted by Gasteiger charge is -2.29. The zero-order chi connectivity index (χ0) is 10.0. The zero-order valence-corrected chi connectivity index (χ0v) is 8.44. The fourth-order valence-electron chi connectivity index (χ4n) is 2.00. The van der Waals surface area contributed by atoms with E-state index >= 15 is 0 Å². The molecule has 2 nitrogen and oxygen atoms in total. The van der Waals surface area contributed by atoms with Gasteiger partial charge in [-0.05, 0) is 25.3 Å². The van der Waals surface area contributed by atoms with Crippen LogP contribution in [0.25, 0.3) is 0 Å². The van der Waals surface area contributed by atoms with E-state index < -0.39 is 6.10 Å². The number of hydrogen-bond acceptors (Lipinski definition) is 2. The van der Waals surface area contributed by atoms with Gasteiger partial charge in [0, 0.05) is 6.61 Å². The SMILES string of the molecule is CC1(C(O)c2ccccc2)CCCO1. The van der Waals surface area contributed by atoms with Gasteiger partial charge < -0.3 is 9.84 Å². The summed E-state index contributed by atoms with van der Waals surface area (Å²) in [4.78, 5) is 0. The minimum Gasteiger partial charge on any atom is -0.385 e. The van der Waals surface area contributed by atoms with Crippen LogP contribution in [0.5, 0.6) is 0 Å². The summed E-state index contributed by atoms with van der Waals surface area (Å²) in [5.74, 6) is 0. The second kappa shape index (κ2) is 3.71. The molecule has 1 aliphatic heterocycles. The number of hydrogen-bond donors (Lipinski definition) is 1. The van der Waals surface area contributed by atoms with Gasteiger partial charge in [0.1, 0.15) is 6.10 Å². The van der Waals surface area contributed by atoms with E-state index in [0.717, 1.165) is 25.0 Å². The Morgan fingerprint density at radius 2 is 2.07 bits per heavy atom. The number of aliphatic hydroxyl groups is 1. The molecular weight excluding hydrogens is 176 g/mol. The molecule has 2 heteroatoms. The number of benzene rings is 1. The normalized spacial score (nSPS) is 29.0. The van der Waals surface area contributed by atoms with Gasteiger partial charge in [0.2, 0.25) is 0 Å². The fourth-order valence-corrected chi connectivity index (χ4v) is 2.00. The Morgan fingerprint density at radius 1 is 1.36 bits per heavy atom. The molecular formula is C12H16O2. The van der Waals surface area contributed by atoms with Crippen molar-refractivity contribution in [2.24, 2.45) is 0 Å². The van der Waals surface area contributed by atoms with Crippen molar-refractivity contribution in [1.82, 2.24) is 0 Å². The van der Waals surface area contributed by atoms with E-state index in [0.29, 0.717) is 0 Å². The fraction of sp³-hybridized carbons (Fsp3) is 0.500. The Bertz CT molecular complexity index is 288. The van der Waals surface area contributed by atoms with Crippen LogP contribution in [0.1, 0.15) is 31.4 Å². The Hall–Kier alpha value is -0.860. The van der Waals surface area contributed by atoms with Gasteiger partial charge in [-0.25, -0.2) is 0 Å². The topological polar surface area (TPSA) is 29.5 Å². The monoisotopic (exact) mass is 192 g/mol. The Balaban J connectivity index is 2.19. The molecule has 0 bridgehead atoms. The molecule has 1 heterocycles. The highest BCUT2D eigenvalue weighted by Crippen LogP contribution is 2.36. The van der Waals surface area contributed by atoms with Crippen LogP contribution in [0.15, 0.2) is 30.3 Å². The lowest BCUT2D eigenvalue weighted by atomic mass is 9.90. The molecule has 0 amide bonds. The molecule has 0 saturated carbocycles. The molecule has 1 aliphatic rings. The predicted octanol–water partition coefficient (Wildman–Crippen LogP) is 2.29. The second-order valence-electron chi connectivity index (χ2n) is 4.08. The molecule has 2 atom stereocenters. The molecule has 76 valence electrons. The number of aliphatic hydroxyl groups excluding tert-OH is 1. The smallest absolute Gasteiger partial charge is 0.108 e. The van der Waals surface area contributed by atoms with Crippen molar-refractivity contribution >= 4 is 0 Å². The Kier molecular flexibility index (Phi) is 2.57. The third-order valence-electron chi connectivity index (χ3n) is 2.94. The van der Waals surface area contributed by atoms with E-state index in [1.54, 1.807) is 0 Å². The summed E-state index contributed by atoms with van der Waals surface area (Å²) in [6.45, 7) is 2.75. The van der Waals surface area contributed by atoms with Crippen LogP contribution in [0, 0.1) is 0 Å². The Labute approximate surface area is 84.5 Å². The molecule has 2 unspecified atom stereocenters. The molecule has 14 heavy (non-hydrogen) atoms. The molecule has 0 aliphatic carbocycles. The molecule has 0 spiro atoms. The third-order valence-corrected chi connectivity index (χ3v) is 2.94. The maximum atomic E-state index is 10.2. The van der Waals surface area contributed by atoms with Crippen molar-refractivity contribution in [1.29, 1.82) is 0 Å². The average molecular weight is 192 g/mol. The highest BCUT2D eigenvalue weighted by molar-refractivity contribution is 5.20. The lowest BCUT2D eigenvalue weighted by molar-refractivity contribution is -0.0796. The van der Waals surface area contributed by atoms with Crippen LogP contribution < -0.4 is 0 Å². The van der Waals surface area contributed by atoms with E-state index in [1.807, 2.05) is 37.3 Å². The van der Waals surface area contributed by atoms with E-state index in [-0.39, 0.29) is 5.60 Å². The summed E-state index contributed by atoms with van der Waals surface area (Å²) in [6.07, 6.45) is 1.47. The average Bonchev–Trinajstić information content (AvgIpc) is 2.67. The van der Waals surface area contributed by atoms with Gasteiger partial charge in [-0.15, -0.1) is 0 Å². The summed E-state index contributed by atoms with van der Waals surface area (Å²) in [5.41, 5.74) is 0.554. The summed E-state index contributed by atoms with van der Waals surface area (Å²) in [6, 6.07) is 9.72. The van der Waals surface area contributed by atoms with Gasteiger partial charge in [-0.2, -0.15) is 0 Å². The standard InChI is InChI=1S/C12H16O2/c1-12(8-5-9-14-12)11(13)10-6-3-2-4-7-10/h2-4,6-7,11,13H,5,8-9H2,1H3. The van der Waals surface area contributed by atoms with Crippen LogP contribution in [0.4, 0.5) is 0 Å². The van der Waals surface area contributed by atoms with Crippen molar-refractivity contribution in [3.8, 4) is 0 Å². The van der Waals surface area contributed by atoms with Crippen molar-refractivity contribution in [3.63, 3.8) is 0 Å². The first kappa shape index (κ1) is 9.69. The quantitative estimate of drug-likeness (QED) is 0.779. The zero-order valence-electron chi connectivity index (χ0n) is 8.44. The summed E-state index contributed by atoms with van der Waals surface area (Å²) < 4.78 is 5.61. The van der Waals surface area contributed by atoms with Gasteiger partial charge in [-0.3, -0.25) is 0 Å². The van der Waals surface area contributed by atoms with E-state index in [9.17, 15) is 5.11 Å². The van der Waals surface area contributed by atoms with Crippen LogP contribution in [0.2, 0.25) is 0 Å². The maximum absolute atomic E-state index is 10.2. The summed E-state index contributed by atoms with van der Waals surface area (Å²) in [5, 5.41) is 10.2. The van der Waals surface area contributed by atoms with Crippen molar-refractivity contribution < 1.29 is 9.84 Å². The van der Waals surface area contributed by atoms with Gasteiger partial charge >= 0.3 is 0 Å². The minimum absolute atomic E-state index is 0.388. The van der Waals surface area contributed by atoms with Gasteiger partial charge in [0.15, 0.2) is 0 Å². The molecule has 2 rings (SSSR count). The molecule has 0 radical (unpaired) electrons. The van der Waals surface area contributed by atoms with E-state index in [1.165, 1.54) is 0 Å². The van der Waals surface area contributed by atoms with Crippen molar-refractivity contribution in [3.05, 3.63) is 35.9 Å². The highest BCUT2D eigenvalue weighted by atomic mass is 16.5. The molecule has 1 aromatic rings. The summed E-state index contributed by atoms with van der Waals surface area (Å²) in [7, 11) is 0. The van der Waals surface area contributed by atoms with Crippen LogP contribution in [-0.4, -0.2) is 17.3 Å². The van der Waals surface area contributed by atoms with Crippen LogP contribution in [-0.2, 0) is 4.74 Å². The lowest BCUT2D eigenvalue weighted by Crippen LogP contribution is -2.31. The highest BCUT2D eigenvalue weighted by Gasteiger charge is 2.37. The number of ether oxygens (including phenoxy) is 1. The van der Waals surface area contributed by atoms with Crippen molar-refractivity contribution in [2.45, 2.75) is 31.5 Å². The van der Waals surface area contributed by atoms with E-state index in [4.69, 9.17) is 4.74 Å². The maximum Gasteiger partial charge on any atom is 0.108 e. The van der Waals surface area contributed by atoms with E-state index in [2.05, 4.69) is 0 Å². The molecule has 1 fully saturated rings. The minimum atomic E-state index is -0.508. The molecule has 1 aromatic carbocycles. The Morgan fingerprint density at radius 3 is 2.64 bits per heavy atom. The first-order chi connectivity index (χ1) is 6.72. The molecule has 1 saturated heterocycles. The predicted molar refractivity (Wildman–Crippen MR) is 55.0 cm³/mol. The first-order valence-corrected chi connectivity index (χ1v) is 5.09. The van der Waals surface area contributed by atoms with Gasteiger partial charge in [0.25, 0.3) is 0 Å². The third kappa shape index (κ3) is 1.68. The van der Waals surface area contributed by atoms with Crippen LogP contribution in [0.3, 0.4) is 0 Å². The summed E-state index contributed by atoms with van der Waals surface area (Å²) >= 11 is 0. The van der Waals surface area contributed by atoms with Gasteiger partial charge in [0.05, 0.1) is 5.60 Å². The van der Waals surface area contributed by atoms with Gasteiger partial charge in [-0.1, -0.05) is 30.3 Å². The van der Waals surface area contributed by atoms with Crippen LogP contribution >= 0.6 is 0 Å². The first-order valence-electron chi connectivity index (χ1n) is 5.09. The molecule has 1 N–H and O–H groups in total.